The first kappa shape index (κ1) is 33.9. The fourth-order valence-electron chi connectivity index (χ4n) is 9.17. The van der Waals surface area contributed by atoms with Crippen LogP contribution in [0, 0.1) is 0 Å². The van der Waals surface area contributed by atoms with Crippen LogP contribution in [-0.4, -0.2) is 0 Å². The largest absolute Gasteiger partial charge is 0.456 e. The first-order valence-corrected chi connectivity index (χ1v) is 20.0. The summed E-state index contributed by atoms with van der Waals surface area (Å²) < 4.78 is 6.74. The second-order valence-corrected chi connectivity index (χ2v) is 15.5. The van der Waals surface area contributed by atoms with Crippen molar-refractivity contribution in [3.05, 3.63) is 235 Å². The molecule has 1 aliphatic rings. The fraction of sp³-hybridized carbons (Fsp3) is 0.0357. The highest BCUT2D eigenvalue weighted by atomic mass is 16.3. The van der Waals surface area contributed by atoms with Gasteiger partial charge in [-0.15, -0.1) is 0 Å². The zero-order chi connectivity index (χ0) is 38.6. The van der Waals surface area contributed by atoms with Crippen LogP contribution in [0.1, 0.15) is 23.6 Å². The van der Waals surface area contributed by atoms with Crippen LogP contribution < -0.4 is 4.90 Å². The van der Waals surface area contributed by atoms with Crippen LogP contribution in [0.2, 0.25) is 0 Å². The summed E-state index contributed by atoms with van der Waals surface area (Å²) in [4.78, 5) is 2.34. The average molecular weight is 742 g/mol. The molecular weight excluding hydrogens is 703 g/mol. The van der Waals surface area contributed by atoms with E-state index in [1.807, 2.05) is 0 Å². The van der Waals surface area contributed by atoms with E-state index in [1.165, 1.54) is 50.1 Å². The Morgan fingerprint density at radius 2 is 0.793 bits per heavy atom. The molecule has 1 aromatic heterocycles. The van der Waals surface area contributed by atoms with Crippen molar-refractivity contribution < 1.29 is 4.42 Å². The van der Waals surface area contributed by atoms with Gasteiger partial charge >= 0.3 is 0 Å². The van der Waals surface area contributed by atoms with Crippen molar-refractivity contribution in [1.29, 1.82) is 0 Å². The van der Waals surface area contributed by atoms with Crippen LogP contribution in [0.25, 0.3) is 66.4 Å². The van der Waals surface area contributed by atoms with Gasteiger partial charge in [0.05, 0.1) is 0 Å². The number of benzene rings is 9. The van der Waals surface area contributed by atoms with E-state index in [9.17, 15) is 0 Å². The number of hydrogen-bond acceptors (Lipinski definition) is 2. The Kier molecular flexibility index (Phi) is 7.97. The molecule has 0 fully saturated rings. The van der Waals surface area contributed by atoms with E-state index in [1.54, 1.807) is 0 Å². The summed E-state index contributed by atoms with van der Waals surface area (Å²) in [5, 5.41) is 2.25. The predicted molar refractivity (Wildman–Crippen MR) is 242 cm³/mol. The van der Waals surface area contributed by atoms with Gasteiger partial charge in [0.25, 0.3) is 0 Å². The molecular formula is C56H39NO. The molecule has 9 aromatic carbocycles. The molecule has 58 heavy (non-hydrogen) atoms. The number of fused-ring (bicyclic) bond motifs is 6. The lowest BCUT2D eigenvalue weighted by Crippen LogP contribution is -2.22. The van der Waals surface area contributed by atoms with Gasteiger partial charge in [0.1, 0.15) is 11.2 Å². The maximum Gasteiger partial charge on any atom is 0.136 e. The summed E-state index contributed by atoms with van der Waals surface area (Å²) >= 11 is 0. The SMILES string of the molecule is CC1(c2ccc3c(c2)oc2cc(-c4cccc(N(c5ccc(-c6ccccc6)cc5)c5ccc(-c6ccccc6)cc5)c4)ccc23)c2ccccc2-c2ccccc21. The molecule has 0 unspecified atom stereocenters. The molecule has 10 aromatic rings. The van der Waals surface area contributed by atoms with E-state index in [0.29, 0.717) is 0 Å². The third kappa shape index (κ3) is 5.56. The molecule has 11 rings (SSSR count). The molecule has 0 N–H and O–H groups in total. The van der Waals surface area contributed by atoms with Gasteiger partial charge in [0, 0.05) is 33.2 Å². The molecule has 0 radical (unpaired) electrons. The van der Waals surface area contributed by atoms with E-state index in [-0.39, 0.29) is 5.41 Å². The minimum absolute atomic E-state index is 0.276. The number of nitrogens with zero attached hydrogens (tertiary/aromatic N) is 1. The van der Waals surface area contributed by atoms with E-state index in [2.05, 4.69) is 230 Å². The Balaban J connectivity index is 0.973. The Labute approximate surface area is 338 Å². The van der Waals surface area contributed by atoms with Crippen LogP contribution in [0.15, 0.2) is 223 Å². The molecule has 0 aliphatic heterocycles. The molecule has 2 nitrogen and oxygen atoms in total. The number of furan rings is 1. The Hall–Kier alpha value is -7.42. The van der Waals surface area contributed by atoms with Crippen LogP contribution in [0.3, 0.4) is 0 Å². The smallest absolute Gasteiger partial charge is 0.136 e. The van der Waals surface area contributed by atoms with E-state index in [4.69, 9.17) is 4.42 Å². The van der Waals surface area contributed by atoms with Gasteiger partial charge in [-0.2, -0.15) is 0 Å². The van der Waals surface area contributed by atoms with Gasteiger partial charge < -0.3 is 9.32 Å². The lowest BCUT2D eigenvalue weighted by atomic mass is 9.74. The highest BCUT2D eigenvalue weighted by Gasteiger charge is 2.40. The van der Waals surface area contributed by atoms with Gasteiger partial charge in [-0.25, -0.2) is 0 Å². The van der Waals surface area contributed by atoms with E-state index < -0.39 is 0 Å². The van der Waals surface area contributed by atoms with Crippen LogP contribution in [0.5, 0.6) is 0 Å². The summed E-state index contributed by atoms with van der Waals surface area (Å²) in [6.07, 6.45) is 0. The maximum atomic E-state index is 6.74. The van der Waals surface area contributed by atoms with Crippen LogP contribution in [-0.2, 0) is 5.41 Å². The van der Waals surface area contributed by atoms with Gasteiger partial charge in [-0.3, -0.25) is 0 Å². The molecule has 274 valence electrons. The van der Waals surface area contributed by atoms with Crippen molar-refractivity contribution in [2.45, 2.75) is 12.3 Å². The Morgan fingerprint density at radius 1 is 0.345 bits per heavy atom. The molecule has 0 spiro atoms. The molecule has 0 atom stereocenters. The van der Waals surface area contributed by atoms with Gasteiger partial charge in [-0.1, -0.05) is 164 Å². The van der Waals surface area contributed by atoms with E-state index in [0.717, 1.165) is 50.1 Å². The normalized spacial score (nSPS) is 12.7. The number of anilines is 3. The summed E-state index contributed by atoms with van der Waals surface area (Å²) in [5.74, 6) is 0. The van der Waals surface area contributed by atoms with Crippen molar-refractivity contribution in [2.75, 3.05) is 4.90 Å². The number of hydrogen-bond donors (Lipinski definition) is 0. The molecule has 0 saturated heterocycles. The predicted octanol–water partition coefficient (Wildman–Crippen LogP) is 15.4. The lowest BCUT2D eigenvalue weighted by Gasteiger charge is -2.28. The third-order valence-electron chi connectivity index (χ3n) is 12.2. The summed E-state index contributed by atoms with van der Waals surface area (Å²) in [5.41, 5.74) is 18.3. The fourth-order valence-corrected chi connectivity index (χ4v) is 9.17. The van der Waals surface area contributed by atoms with Crippen molar-refractivity contribution in [3.8, 4) is 44.5 Å². The van der Waals surface area contributed by atoms with Gasteiger partial charge in [0.15, 0.2) is 0 Å². The highest BCUT2D eigenvalue weighted by molar-refractivity contribution is 6.06. The molecule has 0 saturated carbocycles. The van der Waals surface area contributed by atoms with Crippen molar-refractivity contribution >= 4 is 39.0 Å². The van der Waals surface area contributed by atoms with E-state index >= 15 is 0 Å². The second-order valence-electron chi connectivity index (χ2n) is 15.5. The Bertz CT molecular complexity index is 2980. The minimum Gasteiger partial charge on any atom is -0.456 e. The molecule has 0 bridgehead atoms. The molecule has 2 heteroatoms. The van der Waals surface area contributed by atoms with Crippen molar-refractivity contribution in [2.24, 2.45) is 0 Å². The molecule has 0 amide bonds. The van der Waals surface area contributed by atoms with Gasteiger partial charge in [-0.05, 0) is 123 Å². The Morgan fingerprint density at radius 3 is 1.38 bits per heavy atom. The first-order chi connectivity index (χ1) is 28.6. The number of rotatable bonds is 7. The lowest BCUT2D eigenvalue weighted by molar-refractivity contribution is 0.662. The van der Waals surface area contributed by atoms with Crippen molar-refractivity contribution in [1.82, 2.24) is 0 Å². The zero-order valence-corrected chi connectivity index (χ0v) is 32.1. The highest BCUT2D eigenvalue weighted by Crippen LogP contribution is 2.52. The van der Waals surface area contributed by atoms with Gasteiger partial charge in [0.2, 0.25) is 0 Å². The summed E-state index contributed by atoms with van der Waals surface area (Å²) in [7, 11) is 0. The summed E-state index contributed by atoms with van der Waals surface area (Å²) in [6, 6.07) is 78.7. The van der Waals surface area contributed by atoms with Crippen LogP contribution in [0.4, 0.5) is 17.1 Å². The topological polar surface area (TPSA) is 16.4 Å². The van der Waals surface area contributed by atoms with Crippen LogP contribution >= 0.6 is 0 Å². The maximum absolute atomic E-state index is 6.74. The minimum atomic E-state index is -0.276. The monoisotopic (exact) mass is 741 g/mol. The second kappa shape index (κ2) is 13.7. The van der Waals surface area contributed by atoms with Crippen molar-refractivity contribution in [3.63, 3.8) is 0 Å². The summed E-state index contributed by atoms with van der Waals surface area (Å²) in [6.45, 7) is 2.35. The third-order valence-corrected chi connectivity index (χ3v) is 12.2. The first-order valence-electron chi connectivity index (χ1n) is 20.0. The molecule has 1 heterocycles. The standard InChI is InChI=1S/C56H39NO/c1-56(52-21-10-8-19-48(52)49-20-9-11-22-53(49)56)44-28-34-51-50-33-27-43(36-54(50)58-55(51)37-44)42-17-12-18-47(35-42)57(45-29-23-40(24-30-45)38-13-4-2-5-14-38)46-31-25-41(26-32-46)39-15-6-3-7-16-39/h2-37H,1H3. The quantitative estimate of drug-likeness (QED) is 0.162. The molecule has 1 aliphatic carbocycles. The zero-order valence-electron chi connectivity index (χ0n) is 32.1. The average Bonchev–Trinajstić information content (AvgIpc) is 3.80.